The summed E-state index contributed by atoms with van der Waals surface area (Å²) in [4.78, 5) is 10.1. The summed E-state index contributed by atoms with van der Waals surface area (Å²) in [5, 5.41) is 2.30. The molecular weight excluding hydrogens is 154 g/mol. The highest BCUT2D eigenvalue weighted by molar-refractivity contribution is 5.66. The van der Waals surface area contributed by atoms with E-state index in [4.69, 9.17) is 0 Å². The fourth-order valence-corrected chi connectivity index (χ4v) is 0.203. The summed E-state index contributed by atoms with van der Waals surface area (Å²) in [7, 11) is 1.53. The zero-order valence-corrected chi connectivity index (χ0v) is 9.23. The van der Waals surface area contributed by atoms with Crippen LogP contribution < -0.4 is 5.32 Å². The molecule has 0 aromatic rings. The van der Waals surface area contributed by atoms with E-state index in [1.165, 1.54) is 13.5 Å². The molecule has 1 amide bonds. The van der Waals surface area contributed by atoms with E-state index in [2.05, 4.69) is 23.9 Å². The van der Waals surface area contributed by atoms with Crippen molar-refractivity contribution in [3.8, 4) is 0 Å². The van der Waals surface area contributed by atoms with E-state index in [1.54, 1.807) is 6.92 Å². The van der Waals surface area contributed by atoms with Crippen LogP contribution in [0, 0.1) is 0 Å². The second kappa shape index (κ2) is 22.4. The maximum Gasteiger partial charge on any atom is 0.406 e. The Hall–Kier alpha value is -0.730. The highest BCUT2D eigenvalue weighted by Crippen LogP contribution is 1.70. The molecule has 0 aliphatic rings. The standard InChI is InChI=1S/C4H9NO2.C3H8.C2H6/c1-3-7-4(6)5-2;1-3-2;1-2/h3H2,1-2H3,(H,5,6);3H2,1-2H3;1-2H3. The van der Waals surface area contributed by atoms with Gasteiger partial charge in [-0.05, 0) is 6.92 Å². The molecule has 3 nitrogen and oxygen atoms in total. The minimum atomic E-state index is -0.373. The smallest absolute Gasteiger partial charge is 0.406 e. The average Bonchev–Trinajstić information content (AvgIpc) is 2.10. The molecule has 0 saturated carbocycles. The molecular formula is C9H23NO2. The van der Waals surface area contributed by atoms with Crippen molar-refractivity contribution < 1.29 is 9.53 Å². The van der Waals surface area contributed by atoms with Crippen LogP contribution >= 0.6 is 0 Å². The van der Waals surface area contributed by atoms with Gasteiger partial charge in [-0.1, -0.05) is 34.1 Å². The van der Waals surface area contributed by atoms with Crippen LogP contribution in [0.15, 0.2) is 0 Å². The van der Waals surface area contributed by atoms with Gasteiger partial charge in [0.1, 0.15) is 0 Å². The first-order valence-corrected chi connectivity index (χ1v) is 4.57. The molecule has 0 saturated heterocycles. The lowest BCUT2D eigenvalue weighted by molar-refractivity contribution is 0.154. The number of rotatable bonds is 1. The van der Waals surface area contributed by atoms with Crippen molar-refractivity contribution in [2.75, 3.05) is 13.7 Å². The minimum Gasteiger partial charge on any atom is -0.450 e. The van der Waals surface area contributed by atoms with Crippen molar-refractivity contribution in [1.29, 1.82) is 0 Å². The molecule has 0 aliphatic heterocycles. The Morgan fingerprint density at radius 1 is 1.25 bits per heavy atom. The monoisotopic (exact) mass is 177 g/mol. The zero-order chi connectivity index (χ0) is 10.4. The average molecular weight is 177 g/mol. The van der Waals surface area contributed by atoms with Crippen molar-refractivity contribution in [2.24, 2.45) is 0 Å². The third-order valence-corrected chi connectivity index (χ3v) is 0.480. The van der Waals surface area contributed by atoms with Gasteiger partial charge in [0.25, 0.3) is 0 Å². The van der Waals surface area contributed by atoms with Crippen LogP contribution in [0.3, 0.4) is 0 Å². The molecule has 0 spiro atoms. The van der Waals surface area contributed by atoms with Gasteiger partial charge < -0.3 is 10.1 Å². The second-order valence-electron chi connectivity index (χ2n) is 1.68. The Bertz CT molecular complexity index is 74.9. The highest BCUT2D eigenvalue weighted by atomic mass is 16.5. The summed E-state index contributed by atoms with van der Waals surface area (Å²) in [6.07, 6.45) is 0.877. The van der Waals surface area contributed by atoms with Gasteiger partial charge in [-0.2, -0.15) is 0 Å². The Balaban J connectivity index is -0.000000137. The molecule has 0 bridgehead atoms. The number of carbonyl (C=O) groups excluding carboxylic acids is 1. The van der Waals surface area contributed by atoms with Crippen molar-refractivity contribution in [1.82, 2.24) is 5.32 Å². The number of carbonyl (C=O) groups is 1. The highest BCUT2D eigenvalue weighted by Gasteiger charge is 1.89. The van der Waals surface area contributed by atoms with Gasteiger partial charge in [-0.15, -0.1) is 0 Å². The minimum absolute atomic E-state index is 0.373. The Morgan fingerprint density at radius 2 is 1.58 bits per heavy atom. The van der Waals surface area contributed by atoms with Crippen molar-refractivity contribution in [2.45, 2.75) is 41.0 Å². The fourth-order valence-electron chi connectivity index (χ4n) is 0.203. The lowest BCUT2D eigenvalue weighted by atomic mass is 10.6. The van der Waals surface area contributed by atoms with Crippen LogP contribution in [0.25, 0.3) is 0 Å². The van der Waals surface area contributed by atoms with Crippen LogP contribution in [0.5, 0.6) is 0 Å². The van der Waals surface area contributed by atoms with Crippen LogP contribution in [0.2, 0.25) is 0 Å². The van der Waals surface area contributed by atoms with Crippen LogP contribution in [-0.4, -0.2) is 19.7 Å². The van der Waals surface area contributed by atoms with E-state index in [9.17, 15) is 4.79 Å². The quantitative estimate of drug-likeness (QED) is 0.669. The molecule has 0 fully saturated rings. The van der Waals surface area contributed by atoms with E-state index in [0.717, 1.165) is 0 Å². The molecule has 0 rings (SSSR count). The maximum atomic E-state index is 10.1. The third-order valence-electron chi connectivity index (χ3n) is 0.480. The number of ether oxygens (including phenoxy) is 1. The lowest BCUT2D eigenvalue weighted by Crippen LogP contribution is -2.18. The summed E-state index contributed by atoms with van der Waals surface area (Å²) >= 11 is 0. The normalized spacial score (nSPS) is 6.50. The summed E-state index contributed by atoms with van der Waals surface area (Å²) in [6.45, 7) is 10.4. The predicted molar refractivity (Wildman–Crippen MR) is 53.4 cm³/mol. The van der Waals surface area contributed by atoms with Gasteiger partial charge in [0.2, 0.25) is 0 Å². The summed E-state index contributed by atoms with van der Waals surface area (Å²) in [5.74, 6) is 0. The summed E-state index contributed by atoms with van der Waals surface area (Å²) < 4.78 is 4.44. The first-order valence-electron chi connectivity index (χ1n) is 4.57. The molecule has 12 heavy (non-hydrogen) atoms. The number of hydrogen-bond acceptors (Lipinski definition) is 2. The molecule has 0 aromatic carbocycles. The summed E-state index contributed by atoms with van der Waals surface area (Å²) in [6, 6.07) is 0. The van der Waals surface area contributed by atoms with E-state index in [1.807, 2.05) is 13.8 Å². The van der Waals surface area contributed by atoms with Gasteiger partial charge in [0.05, 0.1) is 6.61 Å². The molecule has 0 radical (unpaired) electrons. The van der Waals surface area contributed by atoms with Gasteiger partial charge >= 0.3 is 6.09 Å². The molecule has 0 heterocycles. The molecule has 0 aromatic heterocycles. The third kappa shape index (κ3) is 34.8. The van der Waals surface area contributed by atoms with Gasteiger partial charge in [-0.3, -0.25) is 0 Å². The molecule has 1 N–H and O–H groups in total. The Kier molecular flexibility index (Phi) is 32.5. The SMILES string of the molecule is CC.CCC.CCOC(=O)NC. The molecule has 76 valence electrons. The molecule has 0 aliphatic carbocycles. The molecule has 3 heteroatoms. The Morgan fingerprint density at radius 3 is 1.67 bits per heavy atom. The van der Waals surface area contributed by atoms with Gasteiger partial charge in [-0.25, -0.2) is 4.79 Å². The number of nitrogens with one attached hydrogen (secondary N) is 1. The van der Waals surface area contributed by atoms with Gasteiger partial charge in [0, 0.05) is 7.05 Å². The second-order valence-corrected chi connectivity index (χ2v) is 1.68. The maximum absolute atomic E-state index is 10.1. The number of hydrogen-bond donors (Lipinski definition) is 1. The van der Waals surface area contributed by atoms with Crippen LogP contribution in [0.1, 0.15) is 41.0 Å². The topological polar surface area (TPSA) is 38.3 Å². The van der Waals surface area contributed by atoms with E-state index in [-0.39, 0.29) is 6.09 Å². The predicted octanol–water partition coefficient (Wildman–Crippen LogP) is 2.80. The lowest BCUT2D eigenvalue weighted by Gasteiger charge is -1.95. The van der Waals surface area contributed by atoms with Crippen molar-refractivity contribution in [3.05, 3.63) is 0 Å². The van der Waals surface area contributed by atoms with Crippen LogP contribution in [0.4, 0.5) is 4.79 Å². The van der Waals surface area contributed by atoms with E-state index >= 15 is 0 Å². The molecule has 0 unspecified atom stereocenters. The van der Waals surface area contributed by atoms with Crippen molar-refractivity contribution >= 4 is 6.09 Å². The Labute approximate surface area is 76.5 Å². The first kappa shape index (κ1) is 17.4. The number of amides is 1. The van der Waals surface area contributed by atoms with Gasteiger partial charge in [0.15, 0.2) is 0 Å². The zero-order valence-electron chi connectivity index (χ0n) is 9.23. The summed E-state index contributed by atoms with van der Waals surface area (Å²) in [5.41, 5.74) is 0. The van der Waals surface area contributed by atoms with E-state index in [0.29, 0.717) is 6.61 Å². The number of alkyl carbamates (subject to hydrolysis) is 1. The van der Waals surface area contributed by atoms with E-state index < -0.39 is 0 Å². The molecule has 0 atom stereocenters. The largest absolute Gasteiger partial charge is 0.450 e. The van der Waals surface area contributed by atoms with Crippen LogP contribution in [-0.2, 0) is 4.74 Å². The first-order chi connectivity index (χ1) is 5.72. The van der Waals surface area contributed by atoms with Crippen molar-refractivity contribution in [3.63, 3.8) is 0 Å². The fraction of sp³-hybridized carbons (Fsp3) is 0.889.